The summed E-state index contributed by atoms with van der Waals surface area (Å²) >= 11 is 0. The van der Waals surface area contributed by atoms with Crippen molar-refractivity contribution in [3.8, 4) is 0 Å². The highest BCUT2D eigenvalue weighted by Crippen LogP contribution is 2.20. The SMILES string of the molecule is CC(C)C(C)C(C)OC(CNS(C)(=O)=O)CS(=O)(=O)N1CC(O)C(O)C1. The number of rotatable bonds is 10. The Morgan fingerprint density at radius 2 is 1.58 bits per heavy atom. The number of sulfonamides is 2. The lowest BCUT2D eigenvalue weighted by atomic mass is 9.93. The van der Waals surface area contributed by atoms with E-state index >= 15 is 0 Å². The van der Waals surface area contributed by atoms with Gasteiger partial charge in [0.2, 0.25) is 20.0 Å². The van der Waals surface area contributed by atoms with Crippen molar-refractivity contribution in [2.75, 3.05) is 31.6 Å². The minimum Gasteiger partial charge on any atom is -0.389 e. The Bertz CT molecular complexity index is 641. The zero-order chi connectivity index (χ0) is 20.3. The van der Waals surface area contributed by atoms with Gasteiger partial charge in [0.05, 0.1) is 36.4 Å². The highest BCUT2D eigenvalue weighted by molar-refractivity contribution is 7.89. The molecule has 5 atom stereocenters. The van der Waals surface area contributed by atoms with E-state index in [1.54, 1.807) is 0 Å². The number of aliphatic hydroxyl groups excluding tert-OH is 2. The second kappa shape index (κ2) is 9.26. The van der Waals surface area contributed by atoms with E-state index in [1.807, 2.05) is 27.7 Å². The molecule has 1 saturated heterocycles. The molecule has 11 heteroatoms. The third kappa shape index (κ3) is 7.37. The van der Waals surface area contributed by atoms with E-state index in [4.69, 9.17) is 4.74 Å². The summed E-state index contributed by atoms with van der Waals surface area (Å²) in [6.45, 7) is 7.32. The maximum absolute atomic E-state index is 12.6. The summed E-state index contributed by atoms with van der Waals surface area (Å²) in [7, 11) is -7.33. The van der Waals surface area contributed by atoms with Gasteiger partial charge in [0.25, 0.3) is 0 Å². The average molecular weight is 417 g/mol. The summed E-state index contributed by atoms with van der Waals surface area (Å²) in [5.74, 6) is 0.0206. The molecule has 0 bridgehead atoms. The van der Waals surface area contributed by atoms with E-state index in [9.17, 15) is 27.0 Å². The van der Waals surface area contributed by atoms with Crippen LogP contribution in [0.25, 0.3) is 0 Å². The van der Waals surface area contributed by atoms with Gasteiger partial charge in [0, 0.05) is 19.6 Å². The van der Waals surface area contributed by atoms with Crippen LogP contribution in [0.5, 0.6) is 0 Å². The van der Waals surface area contributed by atoms with Crippen LogP contribution in [-0.4, -0.2) is 87.4 Å². The van der Waals surface area contributed by atoms with Crippen LogP contribution in [0.3, 0.4) is 0 Å². The summed E-state index contributed by atoms with van der Waals surface area (Å²) in [5.41, 5.74) is 0. The van der Waals surface area contributed by atoms with Crippen LogP contribution in [0, 0.1) is 11.8 Å². The van der Waals surface area contributed by atoms with Gasteiger partial charge in [-0.05, 0) is 18.8 Å². The highest BCUT2D eigenvalue weighted by atomic mass is 32.2. The molecule has 0 aliphatic carbocycles. The molecule has 1 fully saturated rings. The van der Waals surface area contributed by atoms with Crippen LogP contribution in [0.2, 0.25) is 0 Å². The van der Waals surface area contributed by atoms with E-state index in [0.717, 1.165) is 10.6 Å². The Kier molecular flexibility index (Phi) is 8.46. The molecular formula is C15H32N2O7S2. The van der Waals surface area contributed by atoms with Crippen molar-refractivity contribution in [3.63, 3.8) is 0 Å². The quantitative estimate of drug-likeness (QED) is 0.415. The van der Waals surface area contributed by atoms with Gasteiger partial charge < -0.3 is 14.9 Å². The van der Waals surface area contributed by atoms with Crippen molar-refractivity contribution < 1.29 is 31.8 Å². The standard InChI is InChI=1S/C15H32N2O7S2/c1-10(2)11(3)12(4)24-13(6-16-25(5,20)21)9-26(22,23)17-7-14(18)15(19)8-17/h10-16,18-19H,6-9H2,1-5H3. The van der Waals surface area contributed by atoms with Crippen molar-refractivity contribution in [3.05, 3.63) is 0 Å². The second-order valence-corrected chi connectivity index (χ2v) is 11.3. The van der Waals surface area contributed by atoms with Crippen molar-refractivity contribution in [1.82, 2.24) is 9.03 Å². The van der Waals surface area contributed by atoms with Crippen molar-refractivity contribution in [2.24, 2.45) is 11.8 Å². The summed E-state index contributed by atoms with van der Waals surface area (Å²) in [4.78, 5) is 0. The molecule has 1 rings (SSSR count). The number of nitrogens with one attached hydrogen (secondary N) is 1. The molecule has 0 radical (unpaired) electrons. The van der Waals surface area contributed by atoms with Gasteiger partial charge in [-0.15, -0.1) is 0 Å². The molecule has 3 N–H and O–H groups in total. The Hall–Kier alpha value is -0.300. The second-order valence-electron chi connectivity index (χ2n) is 7.42. The van der Waals surface area contributed by atoms with Crippen LogP contribution in [0.1, 0.15) is 27.7 Å². The maximum atomic E-state index is 12.6. The van der Waals surface area contributed by atoms with E-state index in [2.05, 4.69) is 4.72 Å². The smallest absolute Gasteiger partial charge is 0.216 e. The van der Waals surface area contributed by atoms with Gasteiger partial charge >= 0.3 is 0 Å². The molecule has 0 aromatic rings. The van der Waals surface area contributed by atoms with Crippen molar-refractivity contribution in [1.29, 1.82) is 0 Å². The van der Waals surface area contributed by atoms with E-state index in [-0.39, 0.29) is 31.7 Å². The van der Waals surface area contributed by atoms with E-state index < -0.39 is 44.1 Å². The lowest BCUT2D eigenvalue weighted by Crippen LogP contribution is -2.44. The minimum absolute atomic E-state index is 0.147. The van der Waals surface area contributed by atoms with Gasteiger partial charge in [0.1, 0.15) is 0 Å². The molecule has 26 heavy (non-hydrogen) atoms. The van der Waals surface area contributed by atoms with Gasteiger partial charge in [0.15, 0.2) is 0 Å². The summed E-state index contributed by atoms with van der Waals surface area (Å²) < 4.78 is 57.1. The molecule has 1 aliphatic rings. The monoisotopic (exact) mass is 416 g/mol. The Morgan fingerprint density at radius 3 is 2.00 bits per heavy atom. The molecule has 0 saturated carbocycles. The van der Waals surface area contributed by atoms with Gasteiger partial charge in [-0.1, -0.05) is 20.8 Å². The predicted molar refractivity (Wildman–Crippen MR) is 98.6 cm³/mol. The molecule has 0 amide bonds. The molecule has 156 valence electrons. The largest absolute Gasteiger partial charge is 0.389 e. The first-order valence-corrected chi connectivity index (χ1v) is 12.2. The Morgan fingerprint density at radius 1 is 1.08 bits per heavy atom. The minimum atomic E-state index is -3.83. The summed E-state index contributed by atoms with van der Waals surface area (Å²) in [6, 6.07) is 0. The molecule has 0 spiro atoms. The topological polar surface area (TPSA) is 133 Å². The number of aliphatic hydroxyl groups is 2. The fourth-order valence-electron chi connectivity index (χ4n) is 2.66. The van der Waals surface area contributed by atoms with E-state index in [1.165, 1.54) is 0 Å². The fraction of sp³-hybridized carbons (Fsp3) is 1.00. The number of hydrogen-bond donors (Lipinski definition) is 3. The molecule has 0 aromatic carbocycles. The highest BCUT2D eigenvalue weighted by Gasteiger charge is 2.38. The maximum Gasteiger partial charge on any atom is 0.216 e. The first-order chi connectivity index (χ1) is 11.7. The number of β-amino-alcohol motifs (C(OH)–C–C–N with tert-alkyl or cyclic N) is 2. The lowest BCUT2D eigenvalue weighted by molar-refractivity contribution is -0.0259. The van der Waals surface area contributed by atoms with Crippen LogP contribution >= 0.6 is 0 Å². The third-order valence-electron chi connectivity index (χ3n) is 4.79. The van der Waals surface area contributed by atoms with Gasteiger partial charge in [-0.3, -0.25) is 0 Å². The van der Waals surface area contributed by atoms with Crippen LogP contribution in [0.4, 0.5) is 0 Å². The van der Waals surface area contributed by atoms with Gasteiger partial charge in [-0.2, -0.15) is 4.31 Å². The lowest BCUT2D eigenvalue weighted by Gasteiger charge is -2.29. The molecular weight excluding hydrogens is 384 g/mol. The molecule has 1 aliphatic heterocycles. The van der Waals surface area contributed by atoms with Crippen LogP contribution < -0.4 is 4.72 Å². The van der Waals surface area contributed by atoms with Crippen LogP contribution in [-0.2, 0) is 24.8 Å². The van der Waals surface area contributed by atoms with Crippen molar-refractivity contribution >= 4 is 20.0 Å². The average Bonchev–Trinajstić information content (AvgIpc) is 2.83. The van der Waals surface area contributed by atoms with Gasteiger partial charge in [-0.25, -0.2) is 21.6 Å². The number of nitrogens with zero attached hydrogens (tertiary/aromatic N) is 1. The normalized spacial score (nSPS) is 26.2. The van der Waals surface area contributed by atoms with Crippen LogP contribution in [0.15, 0.2) is 0 Å². The number of ether oxygens (including phenoxy) is 1. The Balaban J connectivity index is 2.86. The Labute approximate surface area is 156 Å². The number of hydrogen-bond acceptors (Lipinski definition) is 7. The van der Waals surface area contributed by atoms with Crippen molar-refractivity contribution in [2.45, 2.75) is 52.1 Å². The molecule has 0 aromatic heterocycles. The van der Waals surface area contributed by atoms with E-state index in [0.29, 0.717) is 5.92 Å². The summed E-state index contributed by atoms with van der Waals surface area (Å²) in [6.07, 6.45) is -2.42. The fourth-order valence-corrected chi connectivity index (χ4v) is 4.79. The predicted octanol–water partition coefficient (Wildman–Crippen LogP) is -1.03. The third-order valence-corrected chi connectivity index (χ3v) is 7.36. The molecule has 5 unspecified atom stereocenters. The first-order valence-electron chi connectivity index (χ1n) is 8.67. The first kappa shape index (κ1) is 23.7. The molecule has 9 nitrogen and oxygen atoms in total. The zero-order valence-corrected chi connectivity index (χ0v) is 17.6. The zero-order valence-electron chi connectivity index (χ0n) is 16.0. The molecule has 1 heterocycles. The summed E-state index contributed by atoms with van der Waals surface area (Å²) in [5, 5.41) is 19.2.